The van der Waals surface area contributed by atoms with Crippen LogP contribution in [0.2, 0.25) is 0 Å². The summed E-state index contributed by atoms with van der Waals surface area (Å²) in [6, 6.07) is 6.19. The lowest BCUT2D eigenvalue weighted by molar-refractivity contribution is -0.146. The van der Waals surface area contributed by atoms with E-state index in [-0.39, 0.29) is 5.41 Å². The highest BCUT2D eigenvalue weighted by molar-refractivity contribution is 7.10. The summed E-state index contributed by atoms with van der Waals surface area (Å²) < 4.78 is 0. The highest BCUT2D eigenvalue weighted by atomic mass is 32.1. The number of aromatic nitrogens is 1. The molecule has 0 aromatic carbocycles. The molecule has 0 unspecified atom stereocenters. The average Bonchev–Trinajstić information content (AvgIpc) is 3.21. The van der Waals surface area contributed by atoms with Crippen LogP contribution in [0.25, 0.3) is 0 Å². The molecule has 4 rings (SSSR count). The van der Waals surface area contributed by atoms with Gasteiger partial charge in [0.25, 0.3) is 0 Å². The fourth-order valence-corrected chi connectivity index (χ4v) is 5.20. The summed E-state index contributed by atoms with van der Waals surface area (Å²) in [5.74, 6) is 0.355. The monoisotopic (exact) mass is 355 g/mol. The van der Waals surface area contributed by atoms with Crippen LogP contribution >= 0.6 is 11.3 Å². The molecule has 2 aliphatic heterocycles. The molecular weight excluding hydrogens is 330 g/mol. The van der Waals surface area contributed by atoms with Crippen molar-refractivity contribution < 1.29 is 4.79 Å². The van der Waals surface area contributed by atoms with E-state index < -0.39 is 0 Å². The number of likely N-dealkylation sites (tertiary alicyclic amines) is 2. The zero-order chi connectivity index (χ0) is 17.3. The lowest BCUT2D eigenvalue weighted by Crippen LogP contribution is -2.49. The first kappa shape index (κ1) is 16.7. The van der Waals surface area contributed by atoms with E-state index in [0.717, 1.165) is 51.0 Å². The number of nitrogens with zero attached hydrogens (tertiary/aromatic N) is 3. The van der Waals surface area contributed by atoms with Crippen LogP contribution in [-0.2, 0) is 17.9 Å². The van der Waals surface area contributed by atoms with E-state index in [1.54, 1.807) is 6.20 Å². The van der Waals surface area contributed by atoms with Gasteiger partial charge in [-0.05, 0) is 61.4 Å². The van der Waals surface area contributed by atoms with Crippen LogP contribution in [0.1, 0.15) is 35.3 Å². The van der Waals surface area contributed by atoms with E-state index in [4.69, 9.17) is 0 Å². The van der Waals surface area contributed by atoms with Gasteiger partial charge in [-0.1, -0.05) is 6.07 Å². The van der Waals surface area contributed by atoms with E-state index in [0.29, 0.717) is 12.5 Å². The van der Waals surface area contributed by atoms with Gasteiger partial charge < -0.3 is 4.90 Å². The van der Waals surface area contributed by atoms with Crippen LogP contribution in [-0.4, -0.2) is 40.3 Å². The van der Waals surface area contributed by atoms with Crippen molar-refractivity contribution in [3.05, 3.63) is 52.0 Å². The molecule has 5 heteroatoms. The number of rotatable bonds is 4. The van der Waals surface area contributed by atoms with Crippen LogP contribution in [0.3, 0.4) is 0 Å². The Morgan fingerprint density at radius 2 is 2.16 bits per heavy atom. The Morgan fingerprint density at radius 3 is 2.92 bits per heavy atom. The number of aryl methyl sites for hydroxylation is 1. The molecule has 2 fully saturated rings. The molecule has 0 N–H and O–H groups in total. The molecule has 2 aliphatic rings. The van der Waals surface area contributed by atoms with Gasteiger partial charge >= 0.3 is 0 Å². The molecular formula is C20H25N3OS. The normalized spacial score (nSPS) is 24.4. The second-order valence-corrected chi connectivity index (χ2v) is 8.46. The maximum absolute atomic E-state index is 13.3. The van der Waals surface area contributed by atoms with Crippen molar-refractivity contribution in [3.8, 4) is 0 Å². The summed E-state index contributed by atoms with van der Waals surface area (Å²) in [6.07, 6.45) is 6.80. The van der Waals surface area contributed by atoms with Crippen LogP contribution < -0.4 is 0 Å². The van der Waals surface area contributed by atoms with Gasteiger partial charge in [0.2, 0.25) is 5.91 Å². The summed E-state index contributed by atoms with van der Waals surface area (Å²) in [7, 11) is 0. The van der Waals surface area contributed by atoms with E-state index in [2.05, 4.69) is 39.2 Å². The third kappa shape index (κ3) is 3.35. The molecule has 0 saturated carbocycles. The molecule has 2 aromatic heterocycles. The molecule has 1 amide bonds. The number of carbonyl (C=O) groups is 1. The van der Waals surface area contributed by atoms with Crippen LogP contribution in [0.5, 0.6) is 0 Å². The zero-order valence-electron chi connectivity index (χ0n) is 14.8. The van der Waals surface area contributed by atoms with Gasteiger partial charge in [-0.25, -0.2) is 0 Å². The predicted molar refractivity (Wildman–Crippen MR) is 100 cm³/mol. The van der Waals surface area contributed by atoms with E-state index in [1.807, 2.05) is 23.6 Å². The highest BCUT2D eigenvalue weighted by Crippen LogP contribution is 2.41. The minimum atomic E-state index is -0.161. The minimum Gasteiger partial charge on any atom is -0.338 e. The maximum atomic E-state index is 13.3. The predicted octanol–water partition coefficient (Wildman–Crippen LogP) is 3.47. The van der Waals surface area contributed by atoms with Crippen molar-refractivity contribution in [1.29, 1.82) is 0 Å². The SMILES string of the molecule is Cc1ccsc1CN1CC[C@@]2(CCCN(Cc3cccnc3)C2=O)C1. The van der Waals surface area contributed by atoms with Gasteiger partial charge in [0.15, 0.2) is 0 Å². The number of hydrogen-bond donors (Lipinski definition) is 0. The van der Waals surface area contributed by atoms with E-state index >= 15 is 0 Å². The average molecular weight is 356 g/mol. The molecule has 0 radical (unpaired) electrons. The van der Waals surface area contributed by atoms with Crippen molar-refractivity contribution in [2.24, 2.45) is 5.41 Å². The van der Waals surface area contributed by atoms with Crippen LogP contribution in [0, 0.1) is 12.3 Å². The number of thiophene rings is 1. The summed E-state index contributed by atoms with van der Waals surface area (Å²) in [6.45, 7) is 6.68. The number of hydrogen-bond acceptors (Lipinski definition) is 4. The van der Waals surface area contributed by atoms with Crippen molar-refractivity contribution in [3.63, 3.8) is 0 Å². The minimum absolute atomic E-state index is 0.161. The second kappa shape index (κ2) is 6.89. The van der Waals surface area contributed by atoms with Gasteiger partial charge in [0, 0.05) is 43.4 Å². The van der Waals surface area contributed by atoms with E-state index in [9.17, 15) is 4.79 Å². The Kier molecular flexibility index (Phi) is 4.61. The molecule has 1 atom stereocenters. The Balaban J connectivity index is 1.44. The van der Waals surface area contributed by atoms with Gasteiger partial charge in [0.1, 0.15) is 0 Å². The Labute approximate surface area is 153 Å². The third-order valence-electron chi connectivity index (χ3n) is 5.69. The largest absolute Gasteiger partial charge is 0.338 e. The Morgan fingerprint density at radius 1 is 1.24 bits per heavy atom. The molecule has 0 bridgehead atoms. The number of piperidine rings is 1. The maximum Gasteiger partial charge on any atom is 0.230 e. The molecule has 2 saturated heterocycles. The molecule has 4 nitrogen and oxygen atoms in total. The molecule has 25 heavy (non-hydrogen) atoms. The van der Waals surface area contributed by atoms with Crippen molar-refractivity contribution >= 4 is 17.2 Å². The zero-order valence-corrected chi connectivity index (χ0v) is 15.6. The smallest absolute Gasteiger partial charge is 0.230 e. The third-order valence-corrected chi connectivity index (χ3v) is 6.70. The van der Waals surface area contributed by atoms with E-state index in [1.165, 1.54) is 10.4 Å². The highest BCUT2D eigenvalue weighted by Gasteiger charge is 2.48. The lowest BCUT2D eigenvalue weighted by atomic mass is 9.78. The first-order valence-electron chi connectivity index (χ1n) is 9.10. The number of amides is 1. The second-order valence-electron chi connectivity index (χ2n) is 7.46. The first-order valence-corrected chi connectivity index (χ1v) is 9.98. The molecule has 2 aromatic rings. The van der Waals surface area contributed by atoms with Crippen molar-refractivity contribution in [1.82, 2.24) is 14.8 Å². The summed E-state index contributed by atoms with van der Waals surface area (Å²) in [5, 5.41) is 2.16. The molecule has 132 valence electrons. The molecule has 1 spiro atoms. The summed E-state index contributed by atoms with van der Waals surface area (Å²) >= 11 is 1.83. The number of pyridine rings is 1. The fourth-order valence-electron chi connectivity index (χ4n) is 4.26. The van der Waals surface area contributed by atoms with Crippen LogP contribution in [0.4, 0.5) is 0 Å². The fraction of sp³-hybridized carbons (Fsp3) is 0.500. The summed E-state index contributed by atoms with van der Waals surface area (Å²) in [4.78, 5) is 23.4. The van der Waals surface area contributed by atoms with Gasteiger partial charge in [-0.2, -0.15) is 0 Å². The topological polar surface area (TPSA) is 36.4 Å². The quantitative estimate of drug-likeness (QED) is 0.843. The molecule has 4 heterocycles. The van der Waals surface area contributed by atoms with Crippen molar-refractivity contribution in [2.45, 2.75) is 39.3 Å². The molecule has 0 aliphatic carbocycles. The van der Waals surface area contributed by atoms with Crippen LogP contribution in [0.15, 0.2) is 36.0 Å². The lowest BCUT2D eigenvalue weighted by Gasteiger charge is -2.39. The Hall–Kier alpha value is -1.72. The summed E-state index contributed by atoms with van der Waals surface area (Å²) in [5.41, 5.74) is 2.34. The van der Waals surface area contributed by atoms with Gasteiger partial charge in [-0.3, -0.25) is 14.7 Å². The first-order chi connectivity index (χ1) is 12.2. The van der Waals surface area contributed by atoms with Gasteiger partial charge in [0.05, 0.1) is 5.41 Å². The number of carbonyl (C=O) groups excluding carboxylic acids is 1. The van der Waals surface area contributed by atoms with Gasteiger partial charge in [-0.15, -0.1) is 11.3 Å². The standard InChI is InChI=1S/C20H25N3OS/c1-16-5-11-25-18(16)14-22-10-7-20(15-22)6-3-9-23(19(20)24)13-17-4-2-8-21-12-17/h2,4-5,8,11-12H,3,6-7,9-10,13-15H2,1H3/t20-/m0/s1. The van der Waals surface area contributed by atoms with Crippen molar-refractivity contribution in [2.75, 3.05) is 19.6 Å². The Bertz CT molecular complexity index is 744.